The molecular formula is C22H28N2O3. The Morgan fingerprint density at radius 2 is 1.67 bits per heavy atom. The van der Waals surface area contributed by atoms with E-state index in [1.54, 1.807) is 4.90 Å². The molecule has 1 aromatic carbocycles. The molecule has 4 rings (SSSR count). The number of likely N-dealkylation sites (tertiary alicyclic amines) is 1. The van der Waals surface area contributed by atoms with Gasteiger partial charge in [-0.05, 0) is 37.2 Å². The van der Waals surface area contributed by atoms with E-state index in [1.807, 2.05) is 30.3 Å². The fraction of sp³-hybridized carbons (Fsp3) is 0.545. The molecule has 0 radical (unpaired) electrons. The van der Waals surface area contributed by atoms with Gasteiger partial charge in [0.1, 0.15) is 5.70 Å². The molecule has 0 aromatic heterocycles. The van der Waals surface area contributed by atoms with E-state index in [2.05, 4.69) is 4.90 Å². The molecule has 1 atom stereocenters. The Labute approximate surface area is 160 Å². The van der Waals surface area contributed by atoms with Crippen LogP contribution in [0.1, 0.15) is 50.5 Å². The average molecular weight is 368 g/mol. The van der Waals surface area contributed by atoms with Crippen molar-refractivity contribution in [2.24, 2.45) is 5.92 Å². The number of carbonyl (C=O) groups is 2. The van der Waals surface area contributed by atoms with Crippen LogP contribution in [0.5, 0.6) is 0 Å². The quantitative estimate of drug-likeness (QED) is 0.830. The van der Waals surface area contributed by atoms with E-state index in [-0.39, 0.29) is 30.4 Å². The lowest BCUT2D eigenvalue weighted by atomic mass is 9.94. The third-order valence-corrected chi connectivity index (χ3v) is 6.19. The first-order valence-corrected chi connectivity index (χ1v) is 10.2. The minimum atomic E-state index is -0.140. The van der Waals surface area contributed by atoms with Crippen LogP contribution in [0.25, 0.3) is 5.57 Å². The van der Waals surface area contributed by atoms with Gasteiger partial charge in [-0.2, -0.15) is 0 Å². The molecule has 0 spiro atoms. The van der Waals surface area contributed by atoms with Gasteiger partial charge in [0.05, 0.1) is 5.57 Å². The van der Waals surface area contributed by atoms with Gasteiger partial charge >= 0.3 is 0 Å². The number of hydrogen-bond acceptors (Lipinski definition) is 4. The molecule has 3 aliphatic rings. The molecule has 5 nitrogen and oxygen atoms in total. The summed E-state index contributed by atoms with van der Waals surface area (Å²) < 4.78 is 0. The number of piperidine rings is 1. The number of benzene rings is 1. The minimum absolute atomic E-state index is 0.0217. The van der Waals surface area contributed by atoms with Gasteiger partial charge in [-0.25, -0.2) is 0 Å². The number of imide groups is 1. The second kappa shape index (κ2) is 7.85. The lowest BCUT2D eigenvalue weighted by molar-refractivity contribution is -0.141. The fourth-order valence-electron chi connectivity index (χ4n) is 4.78. The van der Waals surface area contributed by atoms with Crippen molar-refractivity contribution >= 4 is 17.4 Å². The van der Waals surface area contributed by atoms with Crippen molar-refractivity contribution in [1.29, 1.82) is 0 Å². The Kier molecular flexibility index (Phi) is 5.30. The molecule has 0 bridgehead atoms. The molecule has 27 heavy (non-hydrogen) atoms. The predicted molar refractivity (Wildman–Crippen MR) is 103 cm³/mol. The van der Waals surface area contributed by atoms with E-state index in [0.29, 0.717) is 17.8 Å². The zero-order chi connectivity index (χ0) is 18.8. The summed E-state index contributed by atoms with van der Waals surface area (Å²) in [6.07, 6.45) is 7.06. The maximum Gasteiger partial charge on any atom is 0.278 e. The van der Waals surface area contributed by atoms with E-state index in [1.165, 1.54) is 6.42 Å². The summed E-state index contributed by atoms with van der Waals surface area (Å²) in [5.74, 6) is -0.113. The highest BCUT2D eigenvalue weighted by atomic mass is 16.3. The number of carbonyl (C=O) groups excluding carboxylic acids is 2. The molecule has 1 saturated heterocycles. The van der Waals surface area contributed by atoms with Gasteiger partial charge in [-0.3, -0.25) is 14.5 Å². The number of nitrogens with zero attached hydrogens (tertiary/aromatic N) is 2. The van der Waals surface area contributed by atoms with Crippen LogP contribution in [-0.2, 0) is 9.59 Å². The third-order valence-electron chi connectivity index (χ3n) is 6.19. The van der Waals surface area contributed by atoms with Crippen LogP contribution in [-0.4, -0.2) is 52.5 Å². The van der Waals surface area contributed by atoms with Crippen LogP contribution in [0.3, 0.4) is 0 Å². The van der Waals surface area contributed by atoms with E-state index in [0.717, 1.165) is 50.6 Å². The van der Waals surface area contributed by atoms with E-state index < -0.39 is 0 Å². The number of hydrogen-bond donors (Lipinski definition) is 1. The van der Waals surface area contributed by atoms with Gasteiger partial charge in [-0.1, -0.05) is 49.6 Å². The normalized spacial score (nSPS) is 24.9. The Balaban J connectivity index is 1.73. The summed E-state index contributed by atoms with van der Waals surface area (Å²) in [7, 11) is 0. The summed E-state index contributed by atoms with van der Waals surface area (Å²) in [5, 5.41) is 9.60. The van der Waals surface area contributed by atoms with E-state index >= 15 is 0 Å². The monoisotopic (exact) mass is 368 g/mol. The Bertz CT molecular complexity index is 737. The highest BCUT2D eigenvalue weighted by Gasteiger charge is 2.45. The fourth-order valence-corrected chi connectivity index (χ4v) is 4.78. The Morgan fingerprint density at radius 1 is 0.926 bits per heavy atom. The van der Waals surface area contributed by atoms with Crippen molar-refractivity contribution in [3.8, 4) is 0 Å². The Morgan fingerprint density at radius 3 is 2.37 bits per heavy atom. The summed E-state index contributed by atoms with van der Waals surface area (Å²) in [6.45, 7) is 1.53. The lowest BCUT2D eigenvalue weighted by Crippen LogP contribution is -2.45. The molecule has 2 aliphatic heterocycles. The molecule has 1 unspecified atom stereocenters. The van der Waals surface area contributed by atoms with Crippen molar-refractivity contribution in [3.05, 3.63) is 41.6 Å². The van der Waals surface area contributed by atoms with Crippen molar-refractivity contribution < 1.29 is 14.7 Å². The van der Waals surface area contributed by atoms with Gasteiger partial charge in [0.2, 0.25) is 0 Å². The molecule has 144 valence electrons. The average Bonchev–Trinajstić information content (AvgIpc) is 2.99. The molecule has 1 aliphatic carbocycles. The molecule has 2 heterocycles. The molecule has 1 saturated carbocycles. The molecular weight excluding hydrogens is 340 g/mol. The van der Waals surface area contributed by atoms with Crippen molar-refractivity contribution in [1.82, 2.24) is 9.80 Å². The van der Waals surface area contributed by atoms with Gasteiger partial charge in [0, 0.05) is 25.7 Å². The van der Waals surface area contributed by atoms with Crippen LogP contribution in [0, 0.1) is 5.92 Å². The molecule has 2 amide bonds. The first-order valence-electron chi connectivity index (χ1n) is 10.2. The van der Waals surface area contributed by atoms with Crippen molar-refractivity contribution in [2.75, 3.05) is 19.7 Å². The van der Waals surface area contributed by atoms with E-state index in [9.17, 15) is 14.7 Å². The van der Waals surface area contributed by atoms with Gasteiger partial charge in [-0.15, -0.1) is 0 Å². The number of aliphatic hydroxyl groups excluding tert-OH is 1. The standard InChI is InChI=1S/C22H28N2O3/c25-15-16-8-7-13-23(14-16)20-19(17-9-3-1-4-10-17)21(26)24(22(20)27)18-11-5-2-6-12-18/h1,3-4,9-10,16,18,25H,2,5-8,11-15H2. The largest absolute Gasteiger partial charge is 0.396 e. The highest BCUT2D eigenvalue weighted by Crippen LogP contribution is 2.37. The predicted octanol–water partition coefficient (Wildman–Crippen LogP) is 2.80. The maximum atomic E-state index is 13.4. The van der Waals surface area contributed by atoms with Crippen LogP contribution < -0.4 is 0 Å². The molecule has 1 N–H and O–H groups in total. The number of amides is 2. The van der Waals surface area contributed by atoms with Gasteiger partial charge < -0.3 is 10.0 Å². The Hall–Kier alpha value is -2.14. The highest BCUT2D eigenvalue weighted by molar-refractivity contribution is 6.35. The van der Waals surface area contributed by atoms with Crippen LogP contribution in [0.2, 0.25) is 0 Å². The lowest BCUT2D eigenvalue weighted by Gasteiger charge is -2.35. The number of aliphatic hydroxyl groups is 1. The minimum Gasteiger partial charge on any atom is -0.396 e. The summed E-state index contributed by atoms with van der Waals surface area (Å²) in [5.41, 5.74) is 1.91. The topological polar surface area (TPSA) is 60.9 Å². The second-order valence-electron chi connectivity index (χ2n) is 8.00. The smallest absolute Gasteiger partial charge is 0.278 e. The molecule has 5 heteroatoms. The van der Waals surface area contributed by atoms with E-state index in [4.69, 9.17) is 0 Å². The summed E-state index contributed by atoms with van der Waals surface area (Å²) in [4.78, 5) is 30.4. The van der Waals surface area contributed by atoms with Gasteiger partial charge in [0.25, 0.3) is 11.8 Å². The molecule has 2 fully saturated rings. The summed E-state index contributed by atoms with van der Waals surface area (Å²) in [6, 6.07) is 9.60. The van der Waals surface area contributed by atoms with Gasteiger partial charge in [0.15, 0.2) is 0 Å². The van der Waals surface area contributed by atoms with Crippen LogP contribution in [0.4, 0.5) is 0 Å². The maximum absolute atomic E-state index is 13.4. The van der Waals surface area contributed by atoms with Crippen LogP contribution in [0.15, 0.2) is 36.0 Å². The van der Waals surface area contributed by atoms with Crippen molar-refractivity contribution in [3.63, 3.8) is 0 Å². The van der Waals surface area contributed by atoms with Crippen molar-refractivity contribution in [2.45, 2.75) is 51.0 Å². The van der Waals surface area contributed by atoms with Crippen LogP contribution >= 0.6 is 0 Å². The first-order chi connectivity index (χ1) is 13.2. The SMILES string of the molecule is O=C1C(c2ccccc2)=C(N2CCCC(CO)C2)C(=O)N1C1CCCCC1. The second-order valence-corrected chi connectivity index (χ2v) is 8.00. The first kappa shape index (κ1) is 18.2. The zero-order valence-electron chi connectivity index (χ0n) is 15.8. The zero-order valence-corrected chi connectivity index (χ0v) is 15.8. The third kappa shape index (κ3) is 3.41. The molecule has 1 aromatic rings. The number of rotatable bonds is 4. The summed E-state index contributed by atoms with van der Waals surface area (Å²) >= 11 is 0.